The van der Waals surface area contributed by atoms with Crippen LogP contribution in [0.15, 0.2) is 73.2 Å². The smallest absolute Gasteiger partial charge is 0.339 e. The third-order valence-electron chi connectivity index (χ3n) is 8.32. The highest BCUT2D eigenvalue weighted by molar-refractivity contribution is 5.94. The molecule has 0 spiro atoms. The second kappa shape index (κ2) is 12.6. The number of aromatic nitrogens is 4. The van der Waals surface area contributed by atoms with Crippen LogP contribution in [0.1, 0.15) is 58.6 Å². The first kappa shape index (κ1) is 29.5. The lowest BCUT2D eigenvalue weighted by molar-refractivity contribution is -0.148. The maximum absolute atomic E-state index is 13.2. The van der Waals surface area contributed by atoms with Crippen molar-refractivity contribution in [3.63, 3.8) is 0 Å². The van der Waals surface area contributed by atoms with Crippen molar-refractivity contribution in [3.8, 4) is 0 Å². The number of pyridine rings is 2. The average molecular weight is 603 g/mol. The summed E-state index contributed by atoms with van der Waals surface area (Å²) in [6, 6.07) is 15.5. The lowest BCUT2D eigenvalue weighted by Gasteiger charge is -2.27. The van der Waals surface area contributed by atoms with Gasteiger partial charge in [-0.1, -0.05) is 24.3 Å². The van der Waals surface area contributed by atoms with Crippen molar-refractivity contribution in [1.29, 1.82) is 0 Å². The van der Waals surface area contributed by atoms with Crippen LogP contribution in [-0.2, 0) is 17.6 Å². The van der Waals surface area contributed by atoms with Gasteiger partial charge < -0.3 is 9.80 Å². The molecule has 3 aromatic heterocycles. The van der Waals surface area contributed by atoms with Crippen LogP contribution >= 0.6 is 0 Å². The molecule has 1 aromatic carbocycles. The summed E-state index contributed by atoms with van der Waals surface area (Å²) < 4.78 is 39.3. The van der Waals surface area contributed by atoms with Crippen molar-refractivity contribution >= 4 is 23.0 Å². The van der Waals surface area contributed by atoms with Crippen molar-refractivity contribution in [2.24, 2.45) is 5.92 Å². The molecule has 44 heavy (non-hydrogen) atoms. The van der Waals surface area contributed by atoms with Crippen molar-refractivity contribution in [1.82, 2.24) is 29.4 Å². The largest absolute Gasteiger partial charge is 0.389 e. The van der Waals surface area contributed by atoms with Crippen molar-refractivity contribution in [3.05, 3.63) is 101 Å². The number of hydrogen-bond acceptors (Lipinski definition) is 5. The Kier molecular flexibility index (Phi) is 8.45. The number of alkyl halides is 3. The van der Waals surface area contributed by atoms with Gasteiger partial charge in [-0.25, -0.2) is 9.50 Å². The van der Waals surface area contributed by atoms with Crippen LogP contribution in [0, 0.1) is 5.92 Å². The molecule has 2 amide bonds. The first-order chi connectivity index (χ1) is 21.2. The number of rotatable bonds is 8. The Morgan fingerprint density at radius 3 is 2.55 bits per heavy atom. The van der Waals surface area contributed by atoms with Crippen LogP contribution in [-0.4, -0.2) is 73.6 Å². The van der Waals surface area contributed by atoms with E-state index in [0.29, 0.717) is 42.3 Å². The fourth-order valence-electron chi connectivity index (χ4n) is 5.99. The molecule has 5 heterocycles. The number of hydrogen-bond donors (Lipinski definition) is 0. The summed E-state index contributed by atoms with van der Waals surface area (Å²) in [5.74, 6) is 0.623. The SMILES string of the molecule is O=C(CCC(F)(F)F)N1CC=C(c2cccn3nc(Cc4ccc(C(=O)N5CCC(Cc6cccnc6)C5)cc4)nc23)CC1. The zero-order valence-corrected chi connectivity index (χ0v) is 24.2. The molecule has 2 aliphatic heterocycles. The van der Waals surface area contributed by atoms with Crippen molar-refractivity contribution in [2.45, 2.75) is 44.7 Å². The summed E-state index contributed by atoms with van der Waals surface area (Å²) >= 11 is 0. The molecule has 2 aliphatic rings. The van der Waals surface area contributed by atoms with E-state index in [1.807, 2.05) is 65.8 Å². The van der Waals surface area contributed by atoms with Crippen LogP contribution < -0.4 is 0 Å². The summed E-state index contributed by atoms with van der Waals surface area (Å²) in [5, 5.41) is 4.64. The Balaban J connectivity index is 1.07. The Labute approximate surface area is 253 Å². The van der Waals surface area contributed by atoms with Gasteiger partial charge in [-0.05, 0) is 72.2 Å². The Hall–Kier alpha value is -4.54. The average Bonchev–Trinajstić information content (AvgIpc) is 3.67. The molecule has 1 unspecified atom stereocenters. The summed E-state index contributed by atoms with van der Waals surface area (Å²) in [7, 11) is 0. The number of likely N-dealkylation sites (tertiary alicyclic amines) is 1. The molecule has 11 heteroatoms. The van der Waals surface area contributed by atoms with Gasteiger partial charge in [-0.2, -0.15) is 18.3 Å². The van der Waals surface area contributed by atoms with E-state index >= 15 is 0 Å². The minimum atomic E-state index is -4.34. The standard InChI is InChI=1S/C33H33F3N6O2/c34-33(35,36)13-9-30(43)40-17-11-26(12-18-40)28-4-2-15-42-31(28)38-29(39-42)20-23-5-7-27(8-6-23)32(44)41-16-10-25(22-41)19-24-3-1-14-37-21-24/h1-8,11,14-15,21,25H,9-10,12-13,16-20,22H2. The Morgan fingerprint density at radius 2 is 1.82 bits per heavy atom. The topological polar surface area (TPSA) is 83.7 Å². The molecule has 1 saturated heterocycles. The van der Waals surface area contributed by atoms with E-state index in [9.17, 15) is 22.8 Å². The van der Waals surface area contributed by atoms with Crippen molar-refractivity contribution < 1.29 is 22.8 Å². The van der Waals surface area contributed by atoms with Crippen LogP contribution in [0.4, 0.5) is 13.2 Å². The number of halogens is 3. The second-order valence-electron chi connectivity index (χ2n) is 11.5. The summed E-state index contributed by atoms with van der Waals surface area (Å²) in [5.41, 5.74) is 5.41. The fourth-order valence-corrected chi connectivity index (χ4v) is 5.99. The molecule has 6 rings (SSSR count). The van der Waals surface area contributed by atoms with Gasteiger partial charge in [-0.3, -0.25) is 14.6 Å². The lowest BCUT2D eigenvalue weighted by atomic mass is 10.00. The monoisotopic (exact) mass is 602 g/mol. The van der Waals surface area contributed by atoms with E-state index in [1.165, 1.54) is 10.5 Å². The van der Waals surface area contributed by atoms with Crippen LogP contribution in [0.25, 0.3) is 11.2 Å². The Morgan fingerprint density at radius 1 is 0.977 bits per heavy atom. The van der Waals surface area contributed by atoms with E-state index in [1.54, 1.807) is 10.7 Å². The molecule has 0 bridgehead atoms. The predicted octanol–water partition coefficient (Wildman–Crippen LogP) is 5.38. The van der Waals surface area contributed by atoms with Gasteiger partial charge in [0.05, 0.1) is 6.42 Å². The van der Waals surface area contributed by atoms with E-state index < -0.39 is 24.9 Å². The molecule has 0 radical (unpaired) electrons. The molecule has 1 atom stereocenters. The molecular formula is C33H33F3N6O2. The minimum absolute atomic E-state index is 0.0436. The predicted molar refractivity (Wildman–Crippen MR) is 159 cm³/mol. The van der Waals surface area contributed by atoms with Gasteiger partial charge in [0, 0.05) is 68.7 Å². The quantitative estimate of drug-likeness (QED) is 0.271. The van der Waals surface area contributed by atoms with Gasteiger partial charge in [0.1, 0.15) is 0 Å². The third-order valence-corrected chi connectivity index (χ3v) is 8.32. The molecule has 0 aliphatic carbocycles. The van der Waals surface area contributed by atoms with Gasteiger partial charge in [-0.15, -0.1) is 0 Å². The van der Waals surface area contributed by atoms with Crippen molar-refractivity contribution in [2.75, 3.05) is 26.2 Å². The summed E-state index contributed by atoms with van der Waals surface area (Å²) in [6.07, 6.45) is 4.31. The molecule has 8 nitrogen and oxygen atoms in total. The van der Waals surface area contributed by atoms with E-state index in [0.717, 1.165) is 42.6 Å². The fraction of sp³-hybridized carbons (Fsp3) is 0.364. The lowest BCUT2D eigenvalue weighted by Crippen LogP contribution is -2.35. The molecule has 0 N–H and O–H groups in total. The zero-order valence-electron chi connectivity index (χ0n) is 24.2. The highest BCUT2D eigenvalue weighted by atomic mass is 19.4. The summed E-state index contributed by atoms with van der Waals surface area (Å²) in [4.78, 5) is 37.8. The number of amides is 2. The van der Waals surface area contributed by atoms with E-state index in [2.05, 4.69) is 16.1 Å². The van der Waals surface area contributed by atoms with E-state index in [4.69, 9.17) is 4.98 Å². The number of carbonyl (C=O) groups excluding carboxylic acids is 2. The molecular weight excluding hydrogens is 569 g/mol. The first-order valence-electron chi connectivity index (χ1n) is 14.9. The minimum Gasteiger partial charge on any atom is -0.339 e. The number of benzene rings is 1. The molecule has 4 aromatic rings. The van der Waals surface area contributed by atoms with Crippen LogP contribution in [0.5, 0.6) is 0 Å². The van der Waals surface area contributed by atoms with Gasteiger partial charge in [0.25, 0.3) is 5.91 Å². The van der Waals surface area contributed by atoms with Gasteiger partial charge >= 0.3 is 6.18 Å². The normalized spacial score (nSPS) is 17.2. The van der Waals surface area contributed by atoms with Crippen LogP contribution in [0.3, 0.4) is 0 Å². The first-order valence-corrected chi connectivity index (χ1v) is 14.9. The highest BCUT2D eigenvalue weighted by Crippen LogP contribution is 2.28. The van der Waals surface area contributed by atoms with Crippen LogP contribution in [0.2, 0.25) is 0 Å². The maximum atomic E-state index is 13.2. The number of carbonyl (C=O) groups is 2. The molecule has 228 valence electrons. The molecule has 1 fully saturated rings. The van der Waals surface area contributed by atoms with Gasteiger partial charge in [0.15, 0.2) is 11.5 Å². The molecule has 0 saturated carbocycles. The zero-order chi connectivity index (χ0) is 30.7. The number of fused-ring (bicyclic) bond motifs is 1. The third kappa shape index (κ3) is 6.98. The maximum Gasteiger partial charge on any atom is 0.389 e. The number of nitrogens with zero attached hydrogens (tertiary/aromatic N) is 6. The Bertz CT molecular complexity index is 1670. The second-order valence-corrected chi connectivity index (χ2v) is 11.5. The highest BCUT2D eigenvalue weighted by Gasteiger charge is 2.30. The summed E-state index contributed by atoms with van der Waals surface area (Å²) in [6.45, 7) is 2.12. The van der Waals surface area contributed by atoms with Gasteiger partial charge in [0.2, 0.25) is 5.91 Å². The van der Waals surface area contributed by atoms with E-state index in [-0.39, 0.29) is 12.5 Å².